The van der Waals surface area contributed by atoms with E-state index in [1.807, 2.05) is 0 Å². The van der Waals surface area contributed by atoms with E-state index in [0.29, 0.717) is 33.9 Å². The lowest BCUT2D eigenvalue weighted by molar-refractivity contribution is -0.142. The van der Waals surface area contributed by atoms with Crippen LogP contribution in [0.15, 0.2) is 59.1 Å². The van der Waals surface area contributed by atoms with Crippen LogP contribution in [0.2, 0.25) is 0 Å². The molecule has 228 valence electrons. The molecule has 0 aromatic heterocycles. The molecule has 0 N–H and O–H groups in total. The normalized spacial score (nSPS) is 12.5. The number of methoxy groups -OCH3 is 1. The number of ether oxygens (including phenoxy) is 1. The quantitative estimate of drug-likeness (QED) is 0.155. The minimum absolute atomic E-state index is 0.0486. The molecule has 0 heterocycles. The van der Waals surface area contributed by atoms with E-state index in [9.17, 15) is 26.3 Å². The first-order valence-corrected chi connectivity index (χ1v) is 15.7. The van der Waals surface area contributed by atoms with E-state index in [1.165, 1.54) is 14.0 Å². The van der Waals surface area contributed by atoms with Crippen LogP contribution in [-0.4, -0.2) is 7.11 Å². The van der Waals surface area contributed by atoms with Crippen molar-refractivity contribution in [1.82, 2.24) is 0 Å². The van der Waals surface area contributed by atoms with E-state index in [1.54, 1.807) is 77.1 Å². The van der Waals surface area contributed by atoms with Crippen LogP contribution in [0.5, 0.6) is 5.75 Å². The van der Waals surface area contributed by atoms with Gasteiger partial charge in [-0.05, 0) is 89.6 Å². The average Bonchev–Trinajstić information content (AvgIpc) is 2.85. The largest absolute Gasteiger partial charge is 0.496 e. The molecule has 0 bridgehead atoms. The predicted octanol–water partition coefficient (Wildman–Crippen LogP) is 9.65. The summed E-state index contributed by atoms with van der Waals surface area (Å²) in [7, 11) is -3.05. The molecule has 0 aliphatic carbocycles. The van der Waals surface area contributed by atoms with Gasteiger partial charge in [-0.2, -0.15) is 26.3 Å². The van der Waals surface area contributed by atoms with Gasteiger partial charge in [0.2, 0.25) is 0 Å². The monoisotopic (exact) mass is 682 g/mol. The molecule has 43 heavy (non-hydrogen) atoms. The molecule has 0 spiro atoms. The molecule has 0 saturated heterocycles. The Morgan fingerprint density at radius 3 is 1.51 bits per heavy atom. The van der Waals surface area contributed by atoms with Crippen LogP contribution in [0.4, 0.5) is 26.3 Å². The van der Waals surface area contributed by atoms with Gasteiger partial charge >= 0.3 is 12.4 Å². The summed E-state index contributed by atoms with van der Waals surface area (Å²) in [5.74, 6) is 0.268. The van der Waals surface area contributed by atoms with Crippen LogP contribution >= 0.6 is 23.1 Å². The maximum atomic E-state index is 15.8. The van der Waals surface area contributed by atoms with E-state index < -0.39 is 41.5 Å². The number of hydrogen-bond donors (Lipinski definition) is 0. The van der Waals surface area contributed by atoms with Gasteiger partial charge in [0.25, 0.3) is 0 Å². The van der Waals surface area contributed by atoms with Gasteiger partial charge in [0.1, 0.15) is 5.75 Å². The molecular formula is C33H30BrF6O2P. The van der Waals surface area contributed by atoms with Gasteiger partial charge in [-0.25, -0.2) is 0 Å². The van der Waals surface area contributed by atoms with Crippen molar-refractivity contribution in [1.29, 1.82) is 0 Å². The van der Waals surface area contributed by atoms with Crippen molar-refractivity contribution in [2.75, 3.05) is 7.11 Å². The van der Waals surface area contributed by atoms with Gasteiger partial charge in [0, 0.05) is 37.1 Å². The summed E-state index contributed by atoms with van der Waals surface area (Å²) in [6.45, 7) is 10.2. The third-order valence-corrected chi connectivity index (χ3v) is 11.0. The molecule has 4 rings (SSSR count). The molecule has 10 heteroatoms. The summed E-state index contributed by atoms with van der Waals surface area (Å²) in [6, 6.07) is 12.1. The fraction of sp³-hybridized carbons (Fsp3) is 0.273. The Morgan fingerprint density at radius 1 is 0.651 bits per heavy atom. The predicted molar refractivity (Wildman–Crippen MR) is 164 cm³/mol. The highest BCUT2D eigenvalue weighted by Crippen LogP contribution is 2.53. The van der Waals surface area contributed by atoms with Crippen molar-refractivity contribution in [3.8, 4) is 16.9 Å². The number of halogens is 7. The van der Waals surface area contributed by atoms with E-state index in [0.717, 1.165) is 0 Å². The minimum atomic E-state index is -5.23. The van der Waals surface area contributed by atoms with Crippen LogP contribution < -0.4 is 20.7 Å². The molecule has 0 fully saturated rings. The molecule has 4 aromatic carbocycles. The highest BCUT2D eigenvalue weighted by molar-refractivity contribution is 9.10. The fourth-order valence-electron chi connectivity index (χ4n) is 5.75. The molecule has 0 radical (unpaired) electrons. The molecule has 0 amide bonds. The fourth-order valence-corrected chi connectivity index (χ4v) is 9.86. The van der Waals surface area contributed by atoms with Crippen LogP contribution in [0, 0.1) is 41.5 Å². The van der Waals surface area contributed by atoms with Gasteiger partial charge < -0.3 is 9.30 Å². The van der Waals surface area contributed by atoms with Gasteiger partial charge in [-0.15, -0.1) is 0 Å². The van der Waals surface area contributed by atoms with E-state index >= 15 is 4.57 Å². The molecule has 0 saturated carbocycles. The van der Waals surface area contributed by atoms with Crippen molar-refractivity contribution in [3.05, 3.63) is 104 Å². The number of hydrogen-bond acceptors (Lipinski definition) is 2. The van der Waals surface area contributed by atoms with Crippen molar-refractivity contribution in [2.45, 2.75) is 53.9 Å². The van der Waals surface area contributed by atoms with Gasteiger partial charge in [-0.3, -0.25) is 0 Å². The summed E-state index contributed by atoms with van der Waals surface area (Å²) in [5.41, 5.74) is -0.203. The second kappa shape index (κ2) is 11.5. The lowest BCUT2D eigenvalue weighted by Gasteiger charge is -2.29. The van der Waals surface area contributed by atoms with Crippen LogP contribution in [0.1, 0.15) is 44.5 Å². The standard InChI is InChI=1S/C33H30BrF6O2P/c1-17-8-18(2)11-24(10-17)43(41,25-12-19(3)9-20(4)13-25)28-16-23(32(35,36)37)15-26(33(38,39)40)30(28)29-22(6)31(42-7)21(5)14-27(29)34/h8-16H,1-7H3. The lowest BCUT2D eigenvalue weighted by atomic mass is 9.92. The zero-order chi connectivity index (χ0) is 32.2. The van der Waals surface area contributed by atoms with Crippen molar-refractivity contribution >= 4 is 39.0 Å². The Hall–Kier alpha value is -3.03. The molecule has 2 nitrogen and oxygen atoms in total. The third kappa shape index (κ3) is 6.16. The van der Waals surface area contributed by atoms with Crippen molar-refractivity contribution < 1.29 is 35.6 Å². The average molecular weight is 683 g/mol. The smallest absolute Gasteiger partial charge is 0.417 e. The first-order valence-electron chi connectivity index (χ1n) is 13.2. The summed E-state index contributed by atoms with van der Waals surface area (Å²) >= 11 is 3.38. The number of benzene rings is 4. The maximum Gasteiger partial charge on any atom is 0.417 e. The van der Waals surface area contributed by atoms with Gasteiger partial charge in [-0.1, -0.05) is 50.3 Å². The number of aryl methyl sites for hydroxylation is 5. The summed E-state index contributed by atoms with van der Waals surface area (Å²) in [6.07, 6.45) is -10.4. The molecule has 0 aliphatic rings. The summed E-state index contributed by atoms with van der Waals surface area (Å²) in [5, 5.41) is -0.285. The Balaban J connectivity index is 2.39. The van der Waals surface area contributed by atoms with Gasteiger partial charge in [0.05, 0.1) is 18.2 Å². The SMILES string of the molecule is COc1c(C)cc(Br)c(-c2c(C(F)(F)F)cc(C(F)(F)F)cc2P(=O)(c2cc(C)cc(C)c2)c2cc(C)cc(C)c2)c1C. The Kier molecular flexibility index (Phi) is 8.77. The van der Waals surface area contributed by atoms with E-state index in [-0.39, 0.29) is 38.0 Å². The van der Waals surface area contributed by atoms with E-state index in [4.69, 9.17) is 4.74 Å². The van der Waals surface area contributed by atoms with Gasteiger partial charge in [0.15, 0.2) is 7.14 Å². The van der Waals surface area contributed by atoms with Crippen LogP contribution in [0.25, 0.3) is 11.1 Å². The number of rotatable bonds is 5. The van der Waals surface area contributed by atoms with Crippen molar-refractivity contribution in [2.24, 2.45) is 0 Å². The second-order valence-electron chi connectivity index (χ2n) is 10.9. The lowest BCUT2D eigenvalue weighted by Crippen LogP contribution is -2.30. The molecule has 4 aromatic rings. The molecule has 0 unspecified atom stereocenters. The zero-order valence-electron chi connectivity index (χ0n) is 24.6. The number of alkyl halides is 6. The highest BCUT2D eigenvalue weighted by Gasteiger charge is 2.45. The first kappa shape index (κ1) is 32.9. The Labute approximate surface area is 255 Å². The van der Waals surface area contributed by atoms with E-state index in [2.05, 4.69) is 15.9 Å². The highest BCUT2D eigenvalue weighted by atomic mass is 79.9. The van der Waals surface area contributed by atoms with Crippen molar-refractivity contribution in [3.63, 3.8) is 0 Å². The maximum absolute atomic E-state index is 15.8. The Morgan fingerprint density at radius 2 is 1.12 bits per heavy atom. The summed E-state index contributed by atoms with van der Waals surface area (Å²) < 4.78 is 109. The molecule has 0 aliphatic heterocycles. The molecular weight excluding hydrogens is 653 g/mol. The third-order valence-electron chi connectivity index (χ3n) is 7.34. The first-order chi connectivity index (χ1) is 19.8. The van der Waals surface area contributed by atoms with Crippen LogP contribution in [-0.2, 0) is 16.9 Å². The second-order valence-corrected chi connectivity index (χ2v) is 14.5. The van der Waals surface area contributed by atoms with Crippen LogP contribution in [0.3, 0.4) is 0 Å². The minimum Gasteiger partial charge on any atom is -0.496 e. The molecule has 0 atom stereocenters. The Bertz CT molecular complexity index is 1690. The topological polar surface area (TPSA) is 26.3 Å². The zero-order valence-corrected chi connectivity index (χ0v) is 27.1. The summed E-state index contributed by atoms with van der Waals surface area (Å²) in [4.78, 5) is 0.